The average molecular weight is 482 g/mol. The summed E-state index contributed by atoms with van der Waals surface area (Å²) in [5.74, 6) is -2.54. The smallest absolute Gasteiger partial charge is 0.306 e. The highest BCUT2D eigenvalue weighted by atomic mass is 16.5. The number of hydrogen-bond donors (Lipinski definition) is 6. The van der Waals surface area contributed by atoms with Gasteiger partial charge in [-0.25, -0.2) is 0 Å². The number of hydrogen-bond acceptors (Lipinski definition) is 10. The number of aliphatic hydroxyl groups is 1. The van der Waals surface area contributed by atoms with E-state index in [2.05, 4.69) is 0 Å². The maximum atomic E-state index is 12.3. The third kappa shape index (κ3) is 3.68. The molecule has 5 rings (SSSR count). The predicted octanol–water partition coefficient (Wildman–Crippen LogP) is 3.05. The van der Waals surface area contributed by atoms with Crippen molar-refractivity contribution in [3.8, 4) is 46.0 Å². The minimum atomic E-state index is -1.10. The van der Waals surface area contributed by atoms with E-state index in [1.807, 2.05) is 0 Å². The van der Waals surface area contributed by atoms with E-state index in [4.69, 9.17) is 14.2 Å². The van der Waals surface area contributed by atoms with Crippen LogP contribution in [0.1, 0.15) is 40.7 Å². The van der Waals surface area contributed by atoms with Gasteiger partial charge in [-0.15, -0.1) is 0 Å². The SMILES string of the molecule is COC(=O)C[C@@H]1c2cc(O)c(O)cc2Oc2cc(O)c3c(c21)O[C@H](c1ccc(O)c(O)c1)C(O)C3. The summed E-state index contributed by atoms with van der Waals surface area (Å²) >= 11 is 0. The molecule has 6 N–H and O–H groups in total. The Morgan fingerprint density at radius 2 is 1.63 bits per heavy atom. The third-order valence-corrected chi connectivity index (χ3v) is 6.35. The molecule has 10 heteroatoms. The summed E-state index contributed by atoms with van der Waals surface area (Å²) in [5, 5.41) is 61.1. The molecule has 3 atom stereocenters. The lowest BCUT2D eigenvalue weighted by molar-refractivity contribution is -0.140. The number of benzene rings is 3. The molecule has 2 aliphatic heterocycles. The van der Waals surface area contributed by atoms with E-state index in [-0.39, 0.29) is 41.6 Å². The van der Waals surface area contributed by atoms with Gasteiger partial charge in [-0.05, 0) is 23.8 Å². The quantitative estimate of drug-likeness (QED) is 0.241. The first-order valence-corrected chi connectivity index (χ1v) is 10.7. The third-order valence-electron chi connectivity index (χ3n) is 6.35. The van der Waals surface area contributed by atoms with Crippen molar-refractivity contribution in [2.24, 2.45) is 0 Å². The summed E-state index contributed by atoms with van der Waals surface area (Å²) in [6, 6.07) is 7.86. The van der Waals surface area contributed by atoms with Crippen LogP contribution in [-0.2, 0) is 16.0 Å². The Balaban J connectivity index is 1.68. The van der Waals surface area contributed by atoms with E-state index in [9.17, 15) is 35.4 Å². The molecule has 1 unspecified atom stereocenters. The summed E-state index contributed by atoms with van der Waals surface area (Å²) in [4.78, 5) is 12.3. The van der Waals surface area contributed by atoms with Crippen LogP contribution in [0.25, 0.3) is 0 Å². The number of ether oxygens (including phenoxy) is 3. The van der Waals surface area contributed by atoms with Crippen molar-refractivity contribution in [3.63, 3.8) is 0 Å². The fourth-order valence-corrected chi connectivity index (χ4v) is 4.63. The molecule has 2 heterocycles. The van der Waals surface area contributed by atoms with Gasteiger partial charge < -0.3 is 44.8 Å². The Hall–Kier alpha value is -4.31. The molecule has 0 aliphatic carbocycles. The number of phenols is 5. The second-order valence-corrected chi connectivity index (χ2v) is 8.49. The van der Waals surface area contributed by atoms with Crippen LogP contribution < -0.4 is 9.47 Å². The van der Waals surface area contributed by atoms with Gasteiger partial charge in [-0.1, -0.05) is 6.07 Å². The highest BCUT2D eigenvalue weighted by molar-refractivity contribution is 5.75. The standard InChI is InChI=1S/C25H22O10/c1-33-22(32)7-12-11-5-17(29)18(30)9-20(11)34-21-8-15(27)13-6-19(31)24(35-25(13)23(12)21)10-2-3-14(26)16(28)4-10/h2-5,8-9,12,19,24,26-31H,6-7H2,1H3/t12-,19?,24-/m1/s1. The lowest BCUT2D eigenvalue weighted by Gasteiger charge is -2.36. The predicted molar refractivity (Wildman–Crippen MR) is 119 cm³/mol. The highest BCUT2D eigenvalue weighted by Gasteiger charge is 2.40. The maximum Gasteiger partial charge on any atom is 0.306 e. The van der Waals surface area contributed by atoms with E-state index < -0.39 is 41.3 Å². The first-order chi connectivity index (χ1) is 16.7. The zero-order chi connectivity index (χ0) is 25.0. The molecule has 182 valence electrons. The molecule has 10 nitrogen and oxygen atoms in total. The zero-order valence-electron chi connectivity index (χ0n) is 18.4. The van der Waals surface area contributed by atoms with Gasteiger partial charge in [0.2, 0.25) is 0 Å². The lowest BCUT2D eigenvalue weighted by atomic mass is 9.81. The number of carbonyl (C=O) groups excluding carboxylic acids is 1. The summed E-state index contributed by atoms with van der Waals surface area (Å²) in [6.07, 6.45) is -2.27. The molecular weight excluding hydrogens is 460 g/mol. The zero-order valence-corrected chi connectivity index (χ0v) is 18.4. The number of fused-ring (bicyclic) bond motifs is 4. The van der Waals surface area contributed by atoms with Crippen molar-refractivity contribution in [1.29, 1.82) is 0 Å². The van der Waals surface area contributed by atoms with Gasteiger partial charge in [0.05, 0.1) is 19.6 Å². The Morgan fingerprint density at radius 3 is 2.34 bits per heavy atom. The van der Waals surface area contributed by atoms with Crippen LogP contribution in [0.4, 0.5) is 0 Å². The van der Waals surface area contributed by atoms with Gasteiger partial charge in [-0.2, -0.15) is 0 Å². The van der Waals surface area contributed by atoms with Crippen LogP contribution >= 0.6 is 0 Å². The molecule has 3 aromatic carbocycles. The van der Waals surface area contributed by atoms with E-state index in [1.165, 1.54) is 43.5 Å². The van der Waals surface area contributed by atoms with Gasteiger partial charge in [0.1, 0.15) is 29.1 Å². The second kappa shape index (κ2) is 8.17. The van der Waals surface area contributed by atoms with Gasteiger partial charge in [-0.3, -0.25) is 4.79 Å². The Bertz CT molecular complexity index is 1350. The molecule has 0 saturated carbocycles. The van der Waals surface area contributed by atoms with Crippen LogP contribution in [0, 0.1) is 0 Å². The minimum Gasteiger partial charge on any atom is -0.507 e. The van der Waals surface area contributed by atoms with Gasteiger partial charge in [0, 0.05) is 41.2 Å². The monoisotopic (exact) mass is 482 g/mol. The molecule has 0 radical (unpaired) electrons. The average Bonchev–Trinajstić information content (AvgIpc) is 2.82. The van der Waals surface area contributed by atoms with Gasteiger partial charge in [0.15, 0.2) is 23.0 Å². The fourth-order valence-electron chi connectivity index (χ4n) is 4.63. The molecule has 35 heavy (non-hydrogen) atoms. The lowest BCUT2D eigenvalue weighted by Crippen LogP contribution is -2.31. The summed E-state index contributed by atoms with van der Waals surface area (Å²) < 4.78 is 16.9. The normalized spacial score (nSPS) is 20.0. The van der Waals surface area contributed by atoms with Crippen molar-refractivity contribution < 1.29 is 49.6 Å². The van der Waals surface area contributed by atoms with Crippen LogP contribution in [0.15, 0.2) is 36.4 Å². The molecule has 0 bridgehead atoms. The molecule has 0 amide bonds. The van der Waals surface area contributed by atoms with Crippen molar-refractivity contribution in [3.05, 3.63) is 58.7 Å². The Morgan fingerprint density at radius 1 is 0.943 bits per heavy atom. The highest BCUT2D eigenvalue weighted by Crippen LogP contribution is 2.56. The number of esters is 1. The summed E-state index contributed by atoms with van der Waals surface area (Å²) in [5.41, 5.74) is 1.44. The summed E-state index contributed by atoms with van der Waals surface area (Å²) in [7, 11) is 1.24. The van der Waals surface area contributed by atoms with Gasteiger partial charge in [0.25, 0.3) is 0 Å². The van der Waals surface area contributed by atoms with E-state index in [0.29, 0.717) is 22.3 Å². The number of methoxy groups -OCH3 is 1. The molecule has 3 aromatic rings. The van der Waals surface area contributed by atoms with Crippen molar-refractivity contribution in [2.75, 3.05) is 7.11 Å². The Kier molecular flexibility index (Phi) is 5.25. The van der Waals surface area contributed by atoms with Crippen molar-refractivity contribution >= 4 is 5.97 Å². The van der Waals surface area contributed by atoms with Gasteiger partial charge >= 0.3 is 5.97 Å². The first kappa shape index (κ1) is 22.5. The van der Waals surface area contributed by atoms with Crippen LogP contribution in [-0.4, -0.2) is 49.8 Å². The maximum absolute atomic E-state index is 12.3. The van der Waals surface area contributed by atoms with Crippen LogP contribution in [0.5, 0.6) is 46.0 Å². The fraction of sp³-hybridized carbons (Fsp3) is 0.240. The number of phenolic OH excluding ortho intramolecular Hbond substituents is 5. The number of aromatic hydroxyl groups is 5. The number of rotatable bonds is 3. The largest absolute Gasteiger partial charge is 0.507 e. The van der Waals surface area contributed by atoms with E-state index in [0.717, 1.165) is 0 Å². The van der Waals surface area contributed by atoms with Crippen molar-refractivity contribution in [2.45, 2.75) is 31.0 Å². The van der Waals surface area contributed by atoms with Crippen LogP contribution in [0.3, 0.4) is 0 Å². The number of carbonyl (C=O) groups is 1. The molecule has 2 aliphatic rings. The number of aliphatic hydroxyl groups excluding tert-OH is 1. The topological polar surface area (TPSA) is 166 Å². The van der Waals surface area contributed by atoms with Crippen molar-refractivity contribution in [1.82, 2.24) is 0 Å². The molecule has 0 aromatic heterocycles. The molecule has 0 fully saturated rings. The molecular formula is C25H22O10. The van der Waals surface area contributed by atoms with E-state index in [1.54, 1.807) is 0 Å². The van der Waals surface area contributed by atoms with E-state index >= 15 is 0 Å². The second-order valence-electron chi connectivity index (χ2n) is 8.49. The molecule has 0 spiro atoms. The summed E-state index contributed by atoms with van der Waals surface area (Å²) in [6.45, 7) is 0. The van der Waals surface area contributed by atoms with Crippen LogP contribution in [0.2, 0.25) is 0 Å². The molecule has 0 saturated heterocycles. The Labute approximate surface area is 198 Å². The first-order valence-electron chi connectivity index (χ1n) is 10.7. The minimum absolute atomic E-state index is 0.0145.